The maximum absolute atomic E-state index is 10.7. The number of hydrogen-bond acceptors (Lipinski definition) is 4. The van der Waals surface area contributed by atoms with Crippen LogP contribution in [-0.4, -0.2) is 10.8 Å². The monoisotopic (exact) mass is 182 g/mol. The fourth-order valence-electron chi connectivity index (χ4n) is 0.786. The normalized spacial score (nSPS) is 11.2. The van der Waals surface area contributed by atoms with Crippen LogP contribution < -0.4 is 5.73 Å². The number of hydrogen-bond donors (Lipinski definition) is 1. The first-order valence-electron chi connectivity index (χ1n) is 3.30. The molecule has 0 unspecified atom stereocenters. The third-order valence-corrected chi connectivity index (χ3v) is 1.29. The molecule has 68 valence electrons. The maximum Gasteiger partial charge on any atom is 0.258 e. The number of nitrogens with two attached hydrogens (primary N) is 1. The summed E-state index contributed by atoms with van der Waals surface area (Å²) >= 11 is 0. The fraction of sp³-hybridized carbons (Fsp3) is 0. The van der Waals surface area contributed by atoms with Crippen molar-refractivity contribution in [1.82, 2.24) is 0 Å². The third-order valence-electron chi connectivity index (χ3n) is 1.29. The number of primary amides is 1. The molecule has 0 bridgehead atoms. The van der Waals surface area contributed by atoms with E-state index in [-0.39, 0.29) is 11.3 Å². The smallest absolute Gasteiger partial charge is 0.258 e. The minimum absolute atomic E-state index is 0.0872. The number of nitrogens with zero attached hydrogens (tertiary/aromatic N) is 1. The van der Waals surface area contributed by atoms with Gasteiger partial charge in [0.15, 0.2) is 5.57 Å². The van der Waals surface area contributed by atoms with Gasteiger partial charge in [0.05, 0.1) is 11.2 Å². The summed E-state index contributed by atoms with van der Waals surface area (Å²) in [4.78, 5) is 20.1. The van der Waals surface area contributed by atoms with Crippen LogP contribution >= 0.6 is 0 Å². The van der Waals surface area contributed by atoms with E-state index in [2.05, 4.69) is 0 Å². The Kier molecular flexibility index (Phi) is 2.44. The number of rotatable bonds is 3. The van der Waals surface area contributed by atoms with Crippen LogP contribution in [0.5, 0.6) is 0 Å². The molecule has 1 rings (SSSR count). The van der Waals surface area contributed by atoms with Gasteiger partial charge in [0.1, 0.15) is 5.76 Å². The molecular weight excluding hydrogens is 176 g/mol. The van der Waals surface area contributed by atoms with Crippen molar-refractivity contribution in [3.8, 4) is 0 Å². The molecule has 0 atom stereocenters. The number of furan rings is 1. The summed E-state index contributed by atoms with van der Waals surface area (Å²) in [6.45, 7) is 0. The highest BCUT2D eigenvalue weighted by molar-refractivity contribution is 6.17. The Labute approximate surface area is 72.8 Å². The molecule has 2 N–H and O–H groups in total. The van der Waals surface area contributed by atoms with Crippen LogP contribution in [-0.2, 0) is 4.79 Å². The highest BCUT2D eigenvalue weighted by Crippen LogP contribution is 2.13. The summed E-state index contributed by atoms with van der Waals surface area (Å²) in [6.07, 6.45) is 1.81. The van der Waals surface area contributed by atoms with Gasteiger partial charge in [0.25, 0.3) is 12.1 Å². The van der Waals surface area contributed by atoms with E-state index in [0.29, 0.717) is 6.20 Å². The van der Waals surface area contributed by atoms with Gasteiger partial charge >= 0.3 is 0 Å². The first-order chi connectivity index (χ1) is 6.11. The Morgan fingerprint density at radius 1 is 1.69 bits per heavy atom. The quantitative estimate of drug-likeness (QED) is 0.415. The first-order valence-corrected chi connectivity index (χ1v) is 3.30. The second-order valence-corrected chi connectivity index (χ2v) is 2.17. The van der Waals surface area contributed by atoms with E-state index in [1.165, 1.54) is 18.4 Å². The van der Waals surface area contributed by atoms with Crippen LogP contribution in [0.4, 0.5) is 0 Å². The van der Waals surface area contributed by atoms with Crippen molar-refractivity contribution in [3.05, 3.63) is 40.5 Å². The predicted molar refractivity (Wildman–Crippen MR) is 42.9 cm³/mol. The van der Waals surface area contributed by atoms with Gasteiger partial charge in [0, 0.05) is 0 Å². The molecule has 0 fully saturated rings. The van der Waals surface area contributed by atoms with Crippen molar-refractivity contribution in [2.45, 2.75) is 0 Å². The Morgan fingerprint density at radius 3 is 2.77 bits per heavy atom. The topological polar surface area (TPSA) is 99.4 Å². The van der Waals surface area contributed by atoms with E-state index in [4.69, 9.17) is 10.2 Å². The van der Waals surface area contributed by atoms with Gasteiger partial charge < -0.3 is 10.2 Å². The highest BCUT2D eigenvalue weighted by Gasteiger charge is 2.15. The average molecular weight is 182 g/mol. The maximum atomic E-state index is 10.7. The summed E-state index contributed by atoms with van der Waals surface area (Å²) < 4.78 is 4.78. The minimum Gasteiger partial charge on any atom is -0.464 e. The summed E-state index contributed by atoms with van der Waals surface area (Å²) in [5.74, 6) is -0.809. The van der Waals surface area contributed by atoms with Crippen LogP contribution in [0, 0.1) is 10.1 Å². The summed E-state index contributed by atoms with van der Waals surface area (Å²) in [5.41, 5.74) is 4.65. The lowest BCUT2D eigenvalue weighted by atomic mass is 10.2. The van der Waals surface area contributed by atoms with Crippen molar-refractivity contribution >= 4 is 11.5 Å². The number of amides is 1. The van der Waals surface area contributed by atoms with E-state index < -0.39 is 10.8 Å². The molecular formula is C7H6N2O4. The van der Waals surface area contributed by atoms with E-state index in [1.807, 2.05) is 0 Å². The van der Waals surface area contributed by atoms with E-state index in [9.17, 15) is 14.9 Å². The van der Waals surface area contributed by atoms with Gasteiger partial charge in [-0.05, 0) is 12.1 Å². The SMILES string of the molecule is NC(=O)C(=C[N+](=O)[O-])c1ccco1. The lowest BCUT2D eigenvalue weighted by Gasteiger charge is -1.93. The number of carbonyl (C=O) groups excluding carboxylic acids is 1. The van der Waals surface area contributed by atoms with Gasteiger partial charge in [-0.2, -0.15) is 0 Å². The van der Waals surface area contributed by atoms with Gasteiger partial charge in [-0.3, -0.25) is 14.9 Å². The molecule has 0 radical (unpaired) electrons. The Balaban J connectivity index is 3.08. The van der Waals surface area contributed by atoms with E-state index >= 15 is 0 Å². The average Bonchev–Trinajstić information content (AvgIpc) is 2.50. The van der Waals surface area contributed by atoms with Crippen molar-refractivity contribution in [2.75, 3.05) is 0 Å². The lowest BCUT2D eigenvalue weighted by molar-refractivity contribution is -0.401. The van der Waals surface area contributed by atoms with Gasteiger partial charge in [-0.25, -0.2) is 0 Å². The van der Waals surface area contributed by atoms with Crippen molar-refractivity contribution in [3.63, 3.8) is 0 Å². The van der Waals surface area contributed by atoms with Gasteiger partial charge in [-0.1, -0.05) is 0 Å². The molecule has 13 heavy (non-hydrogen) atoms. The van der Waals surface area contributed by atoms with E-state index in [0.717, 1.165) is 0 Å². The Hall–Kier alpha value is -2.11. The highest BCUT2D eigenvalue weighted by atomic mass is 16.6. The Morgan fingerprint density at radius 2 is 2.38 bits per heavy atom. The molecule has 1 amide bonds. The molecule has 1 heterocycles. The van der Waals surface area contributed by atoms with Crippen molar-refractivity contribution in [1.29, 1.82) is 0 Å². The first kappa shape index (κ1) is 8.98. The van der Waals surface area contributed by atoms with Gasteiger partial charge in [-0.15, -0.1) is 0 Å². The molecule has 0 aliphatic heterocycles. The molecule has 0 spiro atoms. The lowest BCUT2D eigenvalue weighted by Crippen LogP contribution is -2.13. The second kappa shape index (κ2) is 3.53. The molecule has 1 aromatic heterocycles. The van der Waals surface area contributed by atoms with Crippen LogP contribution in [0.2, 0.25) is 0 Å². The third kappa shape index (κ3) is 2.16. The molecule has 0 saturated carbocycles. The van der Waals surface area contributed by atoms with Crippen LogP contribution in [0.1, 0.15) is 5.76 Å². The second-order valence-electron chi connectivity index (χ2n) is 2.17. The molecule has 0 aromatic carbocycles. The molecule has 0 aliphatic rings. The van der Waals surface area contributed by atoms with Crippen molar-refractivity contribution < 1.29 is 14.1 Å². The zero-order valence-electron chi connectivity index (χ0n) is 6.47. The van der Waals surface area contributed by atoms with Gasteiger partial charge in [0.2, 0.25) is 0 Å². The largest absolute Gasteiger partial charge is 0.464 e. The van der Waals surface area contributed by atoms with Crippen LogP contribution in [0.15, 0.2) is 29.0 Å². The Bertz CT molecular complexity index is 353. The minimum atomic E-state index is -0.897. The van der Waals surface area contributed by atoms with Crippen LogP contribution in [0.3, 0.4) is 0 Å². The number of carbonyl (C=O) groups is 1. The van der Waals surface area contributed by atoms with E-state index in [1.54, 1.807) is 0 Å². The van der Waals surface area contributed by atoms with Crippen LogP contribution in [0.25, 0.3) is 5.57 Å². The predicted octanol–water partition coefficient (Wildman–Crippen LogP) is 0.383. The zero-order valence-corrected chi connectivity index (χ0v) is 6.47. The zero-order chi connectivity index (χ0) is 9.84. The van der Waals surface area contributed by atoms with Crippen molar-refractivity contribution in [2.24, 2.45) is 5.73 Å². The fourth-order valence-corrected chi connectivity index (χ4v) is 0.786. The number of nitro groups is 1. The molecule has 0 aliphatic carbocycles. The molecule has 6 heteroatoms. The summed E-state index contributed by atoms with van der Waals surface area (Å²) in [7, 11) is 0. The standard InChI is InChI=1S/C7H6N2O4/c8-7(10)5(4-9(11)12)6-2-1-3-13-6/h1-4H,(H2,8,10). The summed E-state index contributed by atoms with van der Waals surface area (Å²) in [6, 6.07) is 2.92. The summed E-state index contributed by atoms with van der Waals surface area (Å²) in [5, 5.41) is 10.1. The molecule has 6 nitrogen and oxygen atoms in total. The molecule has 1 aromatic rings. The molecule has 0 saturated heterocycles.